The zero-order valence-corrected chi connectivity index (χ0v) is 18.7. The van der Waals surface area contributed by atoms with E-state index in [0.717, 1.165) is 20.8 Å². The SMILES string of the molecule is CC(=O)OC[C@H]1O[C@H](OCc2cc(C(C)=O)no2)[C@@H](OC(C)=O)[C@@H](OC(C)=O)[C@@H]1OC(C)=O. The minimum absolute atomic E-state index is 0.0788. The molecular formula is C20H25NO12. The van der Waals surface area contributed by atoms with Crippen molar-refractivity contribution >= 4 is 29.7 Å². The standard InChI is InChI=1S/C20H25NO12/c1-9(22)15-6-14(33-21-15)7-28-20-19(31-13(5)26)18(30-12(4)25)17(29-11(3)24)16(32-20)8-27-10(2)23/h6,16-20H,7-8H2,1-5H3/t16-,17-,18+,19+,20+/m1/s1. The molecule has 2 heterocycles. The third-order valence-corrected chi connectivity index (χ3v) is 4.26. The van der Waals surface area contributed by atoms with Crippen LogP contribution in [-0.4, -0.2) is 72.1 Å². The minimum Gasteiger partial charge on any atom is -0.463 e. The number of rotatable bonds is 9. The van der Waals surface area contributed by atoms with Crippen LogP contribution < -0.4 is 0 Å². The molecule has 0 spiro atoms. The average molecular weight is 471 g/mol. The molecule has 5 atom stereocenters. The second kappa shape index (κ2) is 11.5. The first-order valence-corrected chi connectivity index (χ1v) is 9.86. The van der Waals surface area contributed by atoms with Gasteiger partial charge in [0.25, 0.3) is 0 Å². The van der Waals surface area contributed by atoms with Crippen molar-refractivity contribution in [2.24, 2.45) is 0 Å². The second-order valence-electron chi connectivity index (χ2n) is 7.11. The Morgan fingerprint density at radius 3 is 1.94 bits per heavy atom. The Balaban J connectivity index is 2.34. The highest BCUT2D eigenvalue weighted by Gasteiger charge is 2.52. The van der Waals surface area contributed by atoms with Gasteiger partial charge in [0, 0.05) is 40.7 Å². The number of aromatic nitrogens is 1. The lowest BCUT2D eigenvalue weighted by molar-refractivity contribution is -0.311. The van der Waals surface area contributed by atoms with Gasteiger partial charge in [-0.05, 0) is 0 Å². The number of nitrogens with zero attached hydrogens (tertiary/aromatic N) is 1. The Labute approximate surface area is 188 Å². The van der Waals surface area contributed by atoms with E-state index in [-0.39, 0.29) is 30.5 Å². The van der Waals surface area contributed by atoms with Crippen LogP contribution in [0.15, 0.2) is 10.6 Å². The molecule has 13 nitrogen and oxygen atoms in total. The summed E-state index contributed by atoms with van der Waals surface area (Å²) in [7, 11) is 0. The first-order valence-electron chi connectivity index (χ1n) is 9.86. The second-order valence-corrected chi connectivity index (χ2v) is 7.11. The topological polar surface area (TPSA) is 167 Å². The van der Waals surface area contributed by atoms with E-state index in [1.54, 1.807) is 0 Å². The largest absolute Gasteiger partial charge is 0.463 e. The fourth-order valence-electron chi connectivity index (χ4n) is 3.03. The van der Waals surface area contributed by atoms with E-state index in [9.17, 15) is 24.0 Å². The van der Waals surface area contributed by atoms with Crippen molar-refractivity contribution in [2.75, 3.05) is 6.61 Å². The van der Waals surface area contributed by atoms with E-state index in [1.165, 1.54) is 19.9 Å². The summed E-state index contributed by atoms with van der Waals surface area (Å²) >= 11 is 0. The number of hydrogen-bond acceptors (Lipinski definition) is 13. The molecule has 0 aromatic carbocycles. The summed E-state index contributed by atoms with van der Waals surface area (Å²) in [6.07, 6.45) is -6.50. The van der Waals surface area contributed by atoms with Crippen molar-refractivity contribution in [1.82, 2.24) is 5.16 Å². The highest BCUT2D eigenvalue weighted by molar-refractivity contribution is 5.91. The molecule has 13 heteroatoms. The first-order chi connectivity index (χ1) is 15.5. The smallest absolute Gasteiger partial charge is 0.303 e. The molecule has 1 aromatic rings. The lowest BCUT2D eigenvalue weighted by atomic mass is 9.98. The normalized spacial score (nSPS) is 24.5. The molecule has 182 valence electrons. The highest BCUT2D eigenvalue weighted by Crippen LogP contribution is 2.30. The van der Waals surface area contributed by atoms with Crippen molar-refractivity contribution in [3.63, 3.8) is 0 Å². The molecule has 1 aliphatic heterocycles. The highest BCUT2D eigenvalue weighted by atomic mass is 16.7. The van der Waals surface area contributed by atoms with Crippen molar-refractivity contribution in [3.05, 3.63) is 17.5 Å². The summed E-state index contributed by atoms with van der Waals surface area (Å²) in [6, 6.07) is 1.35. The molecule has 0 saturated carbocycles. The number of Topliss-reactive ketones (excluding diaryl/α,β-unsaturated/α-hetero) is 1. The van der Waals surface area contributed by atoms with E-state index in [2.05, 4.69) is 5.16 Å². The minimum atomic E-state index is -1.36. The maximum atomic E-state index is 11.8. The monoisotopic (exact) mass is 471 g/mol. The van der Waals surface area contributed by atoms with Crippen LogP contribution in [0.2, 0.25) is 0 Å². The molecular weight excluding hydrogens is 446 g/mol. The Morgan fingerprint density at radius 2 is 1.42 bits per heavy atom. The maximum absolute atomic E-state index is 11.8. The van der Waals surface area contributed by atoms with Gasteiger partial charge in [0.05, 0.1) is 0 Å². The fraction of sp³-hybridized carbons (Fsp3) is 0.600. The fourth-order valence-corrected chi connectivity index (χ4v) is 3.03. The molecule has 0 amide bonds. The molecule has 33 heavy (non-hydrogen) atoms. The molecule has 0 N–H and O–H groups in total. The van der Waals surface area contributed by atoms with Gasteiger partial charge in [-0.2, -0.15) is 0 Å². The Kier molecular flexibility index (Phi) is 9.05. The van der Waals surface area contributed by atoms with Crippen LogP contribution >= 0.6 is 0 Å². The van der Waals surface area contributed by atoms with Crippen LogP contribution in [-0.2, 0) is 54.2 Å². The first kappa shape index (κ1) is 25.9. The van der Waals surface area contributed by atoms with Gasteiger partial charge in [0.1, 0.15) is 25.0 Å². The van der Waals surface area contributed by atoms with Gasteiger partial charge in [0.15, 0.2) is 36.1 Å². The number of hydrogen-bond donors (Lipinski definition) is 0. The van der Waals surface area contributed by atoms with Crippen LogP contribution in [0.5, 0.6) is 0 Å². The lowest BCUT2D eigenvalue weighted by Crippen LogP contribution is -2.62. The zero-order valence-electron chi connectivity index (χ0n) is 18.7. The van der Waals surface area contributed by atoms with Crippen LogP contribution in [0.3, 0.4) is 0 Å². The third-order valence-electron chi connectivity index (χ3n) is 4.26. The molecule has 0 radical (unpaired) electrons. The average Bonchev–Trinajstić information content (AvgIpc) is 3.17. The van der Waals surface area contributed by atoms with Gasteiger partial charge in [-0.1, -0.05) is 5.16 Å². The van der Waals surface area contributed by atoms with Crippen molar-refractivity contribution in [3.8, 4) is 0 Å². The number of carbonyl (C=O) groups excluding carboxylic acids is 5. The predicted molar refractivity (Wildman–Crippen MR) is 103 cm³/mol. The van der Waals surface area contributed by atoms with Crippen molar-refractivity contribution in [1.29, 1.82) is 0 Å². The van der Waals surface area contributed by atoms with Crippen LogP contribution in [0.4, 0.5) is 0 Å². The Hall–Kier alpha value is -3.32. The number of ketones is 1. The van der Waals surface area contributed by atoms with Gasteiger partial charge in [-0.15, -0.1) is 0 Å². The molecule has 0 unspecified atom stereocenters. The quantitative estimate of drug-likeness (QED) is 0.277. The van der Waals surface area contributed by atoms with Gasteiger partial charge >= 0.3 is 23.9 Å². The summed E-state index contributed by atoms with van der Waals surface area (Å²) in [5.41, 5.74) is 0.0788. The van der Waals surface area contributed by atoms with Crippen LogP contribution in [0.25, 0.3) is 0 Å². The zero-order chi connectivity index (χ0) is 24.7. The maximum Gasteiger partial charge on any atom is 0.303 e. The summed E-state index contributed by atoms with van der Waals surface area (Å²) in [6.45, 7) is 5.17. The van der Waals surface area contributed by atoms with Gasteiger partial charge < -0.3 is 32.9 Å². The molecule has 2 rings (SSSR count). The summed E-state index contributed by atoms with van der Waals surface area (Å²) in [5, 5.41) is 3.59. The number of ether oxygens (including phenoxy) is 6. The van der Waals surface area contributed by atoms with E-state index in [1.807, 2.05) is 0 Å². The molecule has 1 fully saturated rings. The summed E-state index contributed by atoms with van der Waals surface area (Å²) < 4.78 is 37.3. The lowest BCUT2D eigenvalue weighted by Gasteiger charge is -2.43. The van der Waals surface area contributed by atoms with Gasteiger partial charge in [-0.25, -0.2) is 0 Å². The molecule has 0 aliphatic carbocycles. The Bertz CT molecular complexity index is 893. The molecule has 0 bridgehead atoms. The third kappa shape index (κ3) is 7.64. The summed E-state index contributed by atoms with van der Waals surface area (Å²) in [4.78, 5) is 57.9. The van der Waals surface area contributed by atoms with E-state index in [0.29, 0.717) is 0 Å². The molecule has 1 saturated heterocycles. The van der Waals surface area contributed by atoms with E-state index < -0.39 is 54.6 Å². The van der Waals surface area contributed by atoms with Crippen LogP contribution in [0.1, 0.15) is 50.9 Å². The van der Waals surface area contributed by atoms with E-state index >= 15 is 0 Å². The van der Waals surface area contributed by atoms with Crippen LogP contribution in [0, 0.1) is 0 Å². The van der Waals surface area contributed by atoms with Crippen molar-refractivity contribution in [2.45, 2.75) is 71.9 Å². The Morgan fingerprint density at radius 1 is 0.848 bits per heavy atom. The summed E-state index contributed by atoms with van der Waals surface area (Å²) in [5.74, 6) is -3.06. The number of esters is 4. The number of carbonyl (C=O) groups is 5. The molecule has 1 aromatic heterocycles. The predicted octanol–water partition coefficient (Wildman–Crippen LogP) is 0.477. The van der Waals surface area contributed by atoms with E-state index in [4.69, 9.17) is 32.9 Å². The molecule has 1 aliphatic rings. The van der Waals surface area contributed by atoms with Crippen molar-refractivity contribution < 1.29 is 56.9 Å². The van der Waals surface area contributed by atoms with Gasteiger partial charge in [0.2, 0.25) is 0 Å². The van der Waals surface area contributed by atoms with Gasteiger partial charge in [-0.3, -0.25) is 24.0 Å².